The molecule has 0 unspecified atom stereocenters. The lowest BCUT2D eigenvalue weighted by Gasteiger charge is -2.10. The van der Waals surface area contributed by atoms with Gasteiger partial charge >= 0.3 is 5.97 Å². The summed E-state index contributed by atoms with van der Waals surface area (Å²) in [6, 6.07) is 3.97. The second-order valence-corrected chi connectivity index (χ2v) is 3.82. The van der Waals surface area contributed by atoms with Crippen LogP contribution in [0.2, 0.25) is 0 Å². The highest BCUT2D eigenvalue weighted by Crippen LogP contribution is 2.20. The van der Waals surface area contributed by atoms with Crippen LogP contribution in [0, 0.1) is 5.82 Å². The molecule has 0 bridgehead atoms. The highest BCUT2D eigenvalue weighted by molar-refractivity contribution is 6.23. The van der Waals surface area contributed by atoms with E-state index in [-0.39, 0.29) is 5.56 Å². The Morgan fingerprint density at radius 2 is 2.05 bits per heavy atom. The van der Waals surface area contributed by atoms with Crippen molar-refractivity contribution in [2.75, 3.05) is 14.2 Å². The van der Waals surface area contributed by atoms with Gasteiger partial charge in [-0.05, 0) is 30.2 Å². The molecule has 0 aliphatic rings. The Hall–Kier alpha value is -2.17. The summed E-state index contributed by atoms with van der Waals surface area (Å²) in [6.07, 6.45) is 2.02. The molecule has 4 nitrogen and oxygen atoms in total. The van der Waals surface area contributed by atoms with Crippen LogP contribution in [-0.4, -0.2) is 25.8 Å². The minimum absolute atomic E-state index is 0.142. The largest absolute Gasteiger partial charge is 0.465 e. The van der Waals surface area contributed by atoms with Crippen molar-refractivity contribution in [1.29, 1.82) is 0 Å². The summed E-state index contributed by atoms with van der Waals surface area (Å²) in [5.74, 6) is -1.12. The summed E-state index contributed by atoms with van der Waals surface area (Å²) in [5.41, 5.74) is 7.58. The van der Waals surface area contributed by atoms with E-state index in [0.717, 1.165) is 11.8 Å². The number of hydrogen-bond donors (Lipinski definition) is 1. The number of halogens is 1. The molecule has 102 valence electrons. The van der Waals surface area contributed by atoms with Crippen molar-refractivity contribution in [3.63, 3.8) is 0 Å². The second-order valence-electron chi connectivity index (χ2n) is 3.82. The van der Waals surface area contributed by atoms with Gasteiger partial charge < -0.3 is 10.5 Å². The summed E-state index contributed by atoms with van der Waals surface area (Å²) in [4.78, 5) is 15.6. The Balaban J connectivity index is 3.34. The molecule has 1 rings (SSSR count). The van der Waals surface area contributed by atoms with Gasteiger partial charge in [0.2, 0.25) is 0 Å². The zero-order chi connectivity index (χ0) is 14.4. The van der Waals surface area contributed by atoms with Crippen LogP contribution in [0.1, 0.15) is 29.3 Å². The van der Waals surface area contributed by atoms with Gasteiger partial charge in [-0.15, -0.1) is 0 Å². The number of ether oxygens (including phenoxy) is 1. The summed E-state index contributed by atoms with van der Waals surface area (Å²) in [7, 11) is 2.89. The number of carbonyl (C=O) groups is 1. The Labute approximate surface area is 111 Å². The maximum absolute atomic E-state index is 13.6. The monoisotopic (exact) mass is 264 g/mol. The van der Waals surface area contributed by atoms with E-state index in [4.69, 9.17) is 5.73 Å². The molecule has 0 amide bonds. The van der Waals surface area contributed by atoms with Gasteiger partial charge in [0.1, 0.15) is 5.82 Å². The Bertz CT molecular complexity index is 536. The van der Waals surface area contributed by atoms with Crippen LogP contribution in [-0.2, 0) is 4.74 Å². The second kappa shape index (κ2) is 6.68. The molecule has 5 heteroatoms. The van der Waals surface area contributed by atoms with E-state index in [2.05, 4.69) is 9.73 Å². The molecule has 0 fully saturated rings. The minimum atomic E-state index is -0.594. The first-order valence-electron chi connectivity index (χ1n) is 5.84. The summed E-state index contributed by atoms with van der Waals surface area (Å²) < 4.78 is 18.2. The zero-order valence-electron chi connectivity index (χ0n) is 11.2. The molecule has 2 N–H and O–H groups in total. The normalized spacial score (nSPS) is 12.4. The van der Waals surface area contributed by atoms with E-state index in [0.29, 0.717) is 17.6 Å². The van der Waals surface area contributed by atoms with Gasteiger partial charge in [0.05, 0.1) is 12.7 Å². The highest BCUT2D eigenvalue weighted by atomic mass is 19.1. The van der Waals surface area contributed by atoms with Crippen molar-refractivity contribution in [2.24, 2.45) is 10.7 Å². The maximum atomic E-state index is 13.6. The van der Waals surface area contributed by atoms with Crippen LogP contribution in [0.25, 0.3) is 5.57 Å². The van der Waals surface area contributed by atoms with Crippen LogP contribution in [0.4, 0.5) is 4.39 Å². The lowest BCUT2D eigenvalue weighted by atomic mass is 9.98. The Morgan fingerprint density at radius 1 is 1.42 bits per heavy atom. The van der Waals surface area contributed by atoms with Crippen molar-refractivity contribution >= 4 is 17.3 Å². The van der Waals surface area contributed by atoms with Crippen molar-refractivity contribution < 1.29 is 13.9 Å². The van der Waals surface area contributed by atoms with Crippen LogP contribution >= 0.6 is 0 Å². The predicted molar refractivity (Wildman–Crippen MR) is 73.6 cm³/mol. The number of hydrogen-bond acceptors (Lipinski definition) is 4. The molecule has 0 saturated carbocycles. The highest BCUT2D eigenvalue weighted by Gasteiger charge is 2.13. The number of esters is 1. The number of nitrogens with zero attached hydrogens (tertiary/aromatic N) is 1. The fraction of sp³-hybridized carbons (Fsp3) is 0.286. The van der Waals surface area contributed by atoms with Gasteiger partial charge in [-0.3, -0.25) is 4.99 Å². The number of rotatable bonds is 4. The molecular weight excluding hydrogens is 247 g/mol. The summed E-state index contributed by atoms with van der Waals surface area (Å²) >= 11 is 0. The van der Waals surface area contributed by atoms with E-state index in [1.54, 1.807) is 7.05 Å². The fourth-order valence-electron chi connectivity index (χ4n) is 1.81. The van der Waals surface area contributed by atoms with Gasteiger partial charge in [0, 0.05) is 24.5 Å². The number of carbonyl (C=O) groups excluding carboxylic acids is 1. The first-order valence-corrected chi connectivity index (χ1v) is 5.84. The minimum Gasteiger partial charge on any atom is -0.465 e. The first-order chi connectivity index (χ1) is 9.07. The zero-order valence-corrected chi connectivity index (χ0v) is 11.2. The van der Waals surface area contributed by atoms with Crippen LogP contribution in [0.5, 0.6) is 0 Å². The number of nitrogens with two attached hydrogens (primary N) is 1. The molecule has 0 heterocycles. The quantitative estimate of drug-likeness (QED) is 0.670. The van der Waals surface area contributed by atoms with E-state index in [1.165, 1.54) is 25.4 Å². The lowest BCUT2D eigenvalue weighted by molar-refractivity contribution is 0.0600. The third-order valence-corrected chi connectivity index (χ3v) is 2.71. The van der Waals surface area contributed by atoms with Crippen molar-refractivity contribution in [1.82, 2.24) is 0 Å². The van der Waals surface area contributed by atoms with E-state index >= 15 is 0 Å². The number of benzene rings is 1. The Morgan fingerprint density at radius 3 is 2.53 bits per heavy atom. The molecule has 0 aliphatic heterocycles. The van der Waals surface area contributed by atoms with Gasteiger partial charge in [0.15, 0.2) is 0 Å². The Kier molecular flexibility index (Phi) is 5.23. The number of allylic oxidation sites excluding steroid dienone is 1. The molecule has 0 atom stereocenters. The predicted octanol–water partition coefficient (Wildman–Crippen LogP) is 2.39. The molecule has 1 aromatic carbocycles. The average molecular weight is 264 g/mol. The summed E-state index contributed by atoms with van der Waals surface area (Å²) in [5, 5.41) is 0. The van der Waals surface area contributed by atoms with Gasteiger partial charge in [-0.2, -0.15) is 0 Å². The van der Waals surface area contributed by atoms with Crippen LogP contribution < -0.4 is 5.73 Å². The van der Waals surface area contributed by atoms with Crippen molar-refractivity contribution in [3.8, 4) is 0 Å². The van der Waals surface area contributed by atoms with E-state index < -0.39 is 11.8 Å². The van der Waals surface area contributed by atoms with Gasteiger partial charge in [-0.25, -0.2) is 9.18 Å². The molecule has 19 heavy (non-hydrogen) atoms. The van der Waals surface area contributed by atoms with E-state index in [9.17, 15) is 9.18 Å². The standard InChI is InChI=1S/C14H17FN2O2/c1-4-13(17-2)12(8-16)9-5-10(14(18)19-3)7-11(15)6-9/h5-8H,4,16H2,1-3H3/b12-8-,17-13?. The SMILES string of the molecule is CCC(=NC)/C(=C\N)c1cc(F)cc(C(=O)OC)c1. The molecule has 1 aromatic rings. The van der Waals surface area contributed by atoms with Crippen molar-refractivity contribution in [2.45, 2.75) is 13.3 Å². The smallest absolute Gasteiger partial charge is 0.337 e. The number of methoxy groups -OCH3 is 1. The molecule has 0 saturated heterocycles. The maximum Gasteiger partial charge on any atom is 0.337 e. The third kappa shape index (κ3) is 3.40. The fourth-order valence-corrected chi connectivity index (χ4v) is 1.81. The number of aliphatic imine (C=N–C) groups is 1. The summed E-state index contributed by atoms with van der Waals surface area (Å²) in [6.45, 7) is 1.92. The van der Waals surface area contributed by atoms with E-state index in [1.807, 2.05) is 6.92 Å². The first kappa shape index (κ1) is 14.9. The molecule has 0 radical (unpaired) electrons. The van der Waals surface area contributed by atoms with Crippen molar-refractivity contribution in [3.05, 3.63) is 41.3 Å². The molecule has 0 aliphatic carbocycles. The topological polar surface area (TPSA) is 64.7 Å². The third-order valence-electron chi connectivity index (χ3n) is 2.71. The lowest BCUT2D eigenvalue weighted by Crippen LogP contribution is -2.07. The average Bonchev–Trinajstić information content (AvgIpc) is 2.42. The molecule has 0 aromatic heterocycles. The molecule has 0 spiro atoms. The van der Waals surface area contributed by atoms with Gasteiger partial charge in [-0.1, -0.05) is 6.92 Å². The van der Waals surface area contributed by atoms with Crippen LogP contribution in [0.15, 0.2) is 29.4 Å². The van der Waals surface area contributed by atoms with Crippen LogP contribution in [0.3, 0.4) is 0 Å². The van der Waals surface area contributed by atoms with Gasteiger partial charge in [0.25, 0.3) is 0 Å². The molecular formula is C14H17FN2O2.